The summed E-state index contributed by atoms with van der Waals surface area (Å²) in [5.41, 5.74) is 1.32. The van der Waals surface area contributed by atoms with Crippen LogP contribution in [0.3, 0.4) is 0 Å². The summed E-state index contributed by atoms with van der Waals surface area (Å²) in [6.45, 7) is 0.607. The van der Waals surface area contributed by atoms with E-state index in [-0.39, 0.29) is 24.2 Å². The largest absolute Gasteiger partial charge is 0.481 e. The number of aliphatic carboxylic acids is 1. The molecule has 0 bridgehead atoms. The highest BCUT2D eigenvalue weighted by Crippen LogP contribution is 2.43. The van der Waals surface area contributed by atoms with Crippen molar-refractivity contribution in [3.63, 3.8) is 0 Å². The van der Waals surface area contributed by atoms with E-state index < -0.39 is 5.97 Å². The van der Waals surface area contributed by atoms with Crippen molar-refractivity contribution in [3.05, 3.63) is 35.9 Å². The van der Waals surface area contributed by atoms with Gasteiger partial charge in [0.2, 0.25) is 5.91 Å². The monoisotopic (exact) mass is 261 g/mol. The lowest BCUT2D eigenvalue weighted by molar-refractivity contribution is -0.138. The Bertz CT molecular complexity index is 452. The van der Waals surface area contributed by atoms with Gasteiger partial charge in [-0.1, -0.05) is 36.8 Å². The highest BCUT2D eigenvalue weighted by Gasteiger charge is 2.38. The Balaban J connectivity index is 1.90. The molecule has 2 N–H and O–H groups in total. The summed E-state index contributed by atoms with van der Waals surface area (Å²) in [7, 11) is 0. The van der Waals surface area contributed by atoms with Gasteiger partial charge in [0.1, 0.15) is 0 Å². The van der Waals surface area contributed by atoms with Crippen LogP contribution in [0.5, 0.6) is 0 Å². The van der Waals surface area contributed by atoms with Gasteiger partial charge in [0, 0.05) is 18.4 Å². The molecule has 1 aromatic carbocycles. The highest BCUT2D eigenvalue weighted by atomic mass is 16.4. The zero-order valence-electron chi connectivity index (χ0n) is 10.9. The van der Waals surface area contributed by atoms with Gasteiger partial charge < -0.3 is 10.4 Å². The number of rotatable bonds is 6. The Morgan fingerprint density at radius 1 is 1.16 bits per heavy atom. The van der Waals surface area contributed by atoms with Crippen LogP contribution >= 0.6 is 0 Å². The van der Waals surface area contributed by atoms with Gasteiger partial charge in [0.25, 0.3) is 0 Å². The number of amides is 1. The Hall–Kier alpha value is -1.84. The lowest BCUT2D eigenvalue weighted by Gasteiger charge is -2.42. The van der Waals surface area contributed by atoms with Crippen LogP contribution in [-0.4, -0.2) is 23.5 Å². The van der Waals surface area contributed by atoms with Gasteiger partial charge in [0.05, 0.1) is 6.42 Å². The number of benzene rings is 1. The molecule has 0 unspecified atom stereocenters. The average Bonchev–Trinajstić information content (AvgIpc) is 2.36. The third kappa shape index (κ3) is 3.34. The van der Waals surface area contributed by atoms with Crippen molar-refractivity contribution in [2.45, 2.75) is 37.5 Å². The van der Waals surface area contributed by atoms with Crippen molar-refractivity contribution in [1.29, 1.82) is 0 Å². The molecule has 1 saturated carbocycles. The number of carbonyl (C=O) groups excluding carboxylic acids is 1. The van der Waals surface area contributed by atoms with Gasteiger partial charge >= 0.3 is 5.97 Å². The maximum absolute atomic E-state index is 11.6. The zero-order valence-corrected chi connectivity index (χ0v) is 10.9. The van der Waals surface area contributed by atoms with Gasteiger partial charge in [-0.25, -0.2) is 0 Å². The Labute approximate surface area is 112 Å². The third-order valence-corrected chi connectivity index (χ3v) is 3.89. The summed E-state index contributed by atoms with van der Waals surface area (Å²) in [6.07, 6.45) is 3.29. The molecule has 0 aromatic heterocycles. The second-order valence-corrected chi connectivity index (χ2v) is 5.17. The fourth-order valence-electron chi connectivity index (χ4n) is 2.54. The van der Waals surface area contributed by atoms with E-state index in [0.29, 0.717) is 6.54 Å². The minimum atomic E-state index is -0.934. The molecule has 1 aliphatic carbocycles. The van der Waals surface area contributed by atoms with E-state index in [1.807, 2.05) is 18.2 Å². The van der Waals surface area contributed by atoms with Crippen molar-refractivity contribution in [2.75, 3.05) is 6.54 Å². The number of hydrogen-bond donors (Lipinski definition) is 2. The molecule has 1 amide bonds. The maximum atomic E-state index is 11.6. The first kappa shape index (κ1) is 13.6. The first-order valence-corrected chi connectivity index (χ1v) is 6.66. The number of carbonyl (C=O) groups is 2. The molecular weight excluding hydrogens is 242 g/mol. The standard InChI is InChI=1S/C15H19NO3/c17-13(7-8-14(18)19)16-11-15(9-4-10-15)12-5-2-1-3-6-12/h1-3,5-6H,4,7-11H2,(H,16,17)(H,18,19). The van der Waals surface area contributed by atoms with Gasteiger partial charge in [0.15, 0.2) is 0 Å². The molecule has 1 fully saturated rings. The second-order valence-electron chi connectivity index (χ2n) is 5.17. The van der Waals surface area contributed by atoms with E-state index in [1.54, 1.807) is 0 Å². The Morgan fingerprint density at radius 3 is 2.37 bits per heavy atom. The topological polar surface area (TPSA) is 66.4 Å². The minimum Gasteiger partial charge on any atom is -0.481 e. The van der Waals surface area contributed by atoms with E-state index in [4.69, 9.17) is 5.11 Å². The molecule has 2 rings (SSSR count). The molecule has 1 aromatic rings. The summed E-state index contributed by atoms with van der Waals surface area (Å²) in [5, 5.41) is 11.4. The zero-order chi connectivity index (χ0) is 13.7. The van der Waals surface area contributed by atoms with Crippen LogP contribution < -0.4 is 5.32 Å². The van der Waals surface area contributed by atoms with Gasteiger partial charge in [-0.05, 0) is 18.4 Å². The molecule has 0 aliphatic heterocycles. The predicted octanol–water partition coefficient (Wildman–Crippen LogP) is 2.09. The van der Waals surface area contributed by atoms with E-state index in [1.165, 1.54) is 12.0 Å². The van der Waals surface area contributed by atoms with E-state index in [0.717, 1.165) is 12.8 Å². The number of hydrogen-bond acceptors (Lipinski definition) is 2. The van der Waals surface area contributed by atoms with E-state index in [2.05, 4.69) is 17.4 Å². The molecule has 1 aliphatic rings. The molecule has 0 atom stereocenters. The number of nitrogens with one attached hydrogen (secondary N) is 1. The lowest BCUT2D eigenvalue weighted by atomic mass is 9.64. The fourth-order valence-corrected chi connectivity index (χ4v) is 2.54. The molecule has 4 nitrogen and oxygen atoms in total. The van der Waals surface area contributed by atoms with Crippen molar-refractivity contribution in [1.82, 2.24) is 5.32 Å². The molecule has 0 saturated heterocycles. The third-order valence-electron chi connectivity index (χ3n) is 3.89. The molecule has 4 heteroatoms. The van der Waals surface area contributed by atoms with E-state index >= 15 is 0 Å². The van der Waals surface area contributed by atoms with Gasteiger partial charge in [-0.15, -0.1) is 0 Å². The van der Waals surface area contributed by atoms with Gasteiger partial charge in [-0.2, -0.15) is 0 Å². The molecule has 0 radical (unpaired) electrons. The first-order valence-electron chi connectivity index (χ1n) is 6.66. The quantitative estimate of drug-likeness (QED) is 0.824. The second kappa shape index (κ2) is 5.87. The van der Waals surface area contributed by atoms with Crippen molar-refractivity contribution >= 4 is 11.9 Å². The Morgan fingerprint density at radius 2 is 1.84 bits per heavy atom. The summed E-state index contributed by atoms with van der Waals surface area (Å²) in [6, 6.07) is 10.2. The van der Waals surface area contributed by atoms with Crippen LogP contribution in [0, 0.1) is 0 Å². The van der Waals surface area contributed by atoms with Crippen LogP contribution in [0.15, 0.2) is 30.3 Å². The maximum Gasteiger partial charge on any atom is 0.303 e. The Kier molecular flexibility index (Phi) is 4.20. The summed E-state index contributed by atoms with van der Waals surface area (Å²) in [5.74, 6) is -1.11. The molecule has 19 heavy (non-hydrogen) atoms. The van der Waals surface area contributed by atoms with Crippen molar-refractivity contribution in [3.8, 4) is 0 Å². The van der Waals surface area contributed by atoms with Crippen LogP contribution in [-0.2, 0) is 15.0 Å². The van der Waals surface area contributed by atoms with Crippen LogP contribution in [0.2, 0.25) is 0 Å². The van der Waals surface area contributed by atoms with Crippen LogP contribution in [0.25, 0.3) is 0 Å². The molecular formula is C15H19NO3. The average molecular weight is 261 g/mol. The fraction of sp³-hybridized carbons (Fsp3) is 0.467. The van der Waals surface area contributed by atoms with Crippen molar-refractivity contribution in [2.24, 2.45) is 0 Å². The summed E-state index contributed by atoms with van der Waals surface area (Å²) < 4.78 is 0. The van der Waals surface area contributed by atoms with Crippen molar-refractivity contribution < 1.29 is 14.7 Å². The number of carboxylic acid groups (broad SMARTS) is 1. The molecule has 0 heterocycles. The first-order chi connectivity index (χ1) is 9.12. The summed E-state index contributed by atoms with van der Waals surface area (Å²) in [4.78, 5) is 22.0. The normalized spacial score (nSPS) is 16.4. The molecule has 0 spiro atoms. The predicted molar refractivity (Wildman–Crippen MR) is 71.9 cm³/mol. The van der Waals surface area contributed by atoms with Gasteiger partial charge in [-0.3, -0.25) is 9.59 Å². The van der Waals surface area contributed by atoms with Crippen LogP contribution in [0.1, 0.15) is 37.7 Å². The van der Waals surface area contributed by atoms with Crippen LogP contribution in [0.4, 0.5) is 0 Å². The molecule has 102 valence electrons. The minimum absolute atomic E-state index is 0.0557. The summed E-state index contributed by atoms with van der Waals surface area (Å²) >= 11 is 0. The number of carboxylic acids is 1. The SMILES string of the molecule is O=C(O)CCC(=O)NCC1(c2ccccc2)CCC1. The lowest BCUT2D eigenvalue weighted by Crippen LogP contribution is -2.45. The highest BCUT2D eigenvalue weighted by molar-refractivity contribution is 5.80. The smallest absolute Gasteiger partial charge is 0.303 e. The van der Waals surface area contributed by atoms with E-state index in [9.17, 15) is 9.59 Å².